The predicted molar refractivity (Wildman–Crippen MR) is 153 cm³/mol. The van der Waals surface area contributed by atoms with E-state index in [4.69, 9.17) is 9.47 Å². The molecule has 4 aromatic rings. The zero-order chi connectivity index (χ0) is 27.0. The van der Waals surface area contributed by atoms with Gasteiger partial charge in [0.25, 0.3) is 11.8 Å². The van der Waals surface area contributed by atoms with Gasteiger partial charge < -0.3 is 25.4 Å². The second-order valence-corrected chi connectivity index (χ2v) is 10.3. The van der Waals surface area contributed by atoms with Gasteiger partial charge in [-0.1, -0.05) is 30.3 Å². The molecule has 196 valence electrons. The van der Waals surface area contributed by atoms with Gasteiger partial charge in [0, 0.05) is 32.8 Å². The van der Waals surface area contributed by atoms with E-state index in [0.29, 0.717) is 28.4 Å². The molecule has 0 fully saturated rings. The number of thioether (sulfide) groups is 1. The van der Waals surface area contributed by atoms with Crippen LogP contribution in [0.3, 0.4) is 0 Å². The van der Waals surface area contributed by atoms with Crippen molar-refractivity contribution in [2.45, 2.75) is 4.90 Å². The van der Waals surface area contributed by atoms with Gasteiger partial charge in [0.05, 0.1) is 5.75 Å². The molecule has 0 saturated carbocycles. The van der Waals surface area contributed by atoms with Gasteiger partial charge >= 0.3 is 0 Å². The maximum atomic E-state index is 13.2. The Bertz CT molecular complexity index is 1520. The van der Waals surface area contributed by atoms with Crippen LogP contribution in [0.25, 0.3) is 6.08 Å². The minimum atomic E-state index is -0.463. The molecule has 10 heteroatoms. The Morgan fingerprint density at radius 3 is 2.49 bits per heavy atom. The summed E-state index contributed by atoms with van der Waals surface area (Å²) in [6.45, 7) is 0.167. The van der Waals surface area contributed by atoms with Crippen LogP contribution in [0.4, 0.5) is 11.4 Å². The highest BCUT2D eigenvalue weighted by molar-refractivity contribution is 8.00. The standard InChI is InChI=1S/C29H23N3O5S2/c33-27(30-21-11-12-25-26(15-21)37-18-36-25)17-39-22-9-4-8-20(14-22)31-29(35)24(16-23-10-5-13-38-23)32-28(34)19-6-2-1-3-7-19/h1-16H,17-18H2,(H,30,33)(H,31,35)(H,32,34)/b24-16-. The van der Waals surface area contributed by atoms with Crippen molar-refractivity contribution in [1.82, 2.24) is 5.32 Å². The molecule has 39 heavy (non-hydrogen) atoms. The van der Waals surface area contributed by atoms with Crippen molar-refractivity contribution >= 4 is 58.3 Å². The molecule has 0 aliphatic carbocycles. The number of carbonyl (C=O) groups excluding carboxylic acids is 3. The van der Waals surface area contributed by atoms with E-state index in [1.54, 1.807) is 66.7 Å². The molecular formula is C29H23N3O5S2. The van der Waals surface area contributed by atoms with Crippen LogP contribution in [0.15, 0.2) is 101 Å². The summed E-state index contributed by atoms with van der Waals surface area (Å²) in [6, 6.07) is 24.8. The zero-order valence-electron chi connectivity index (χ0n) is 20.5. The number of nitrogens with one attached hydrogen (secondary N) is 3. The number of fused-ring (bicyclic) bond motifs is 1. The molecule has 3 N–H and O–H groups in total. The summed E-state index contributed by atoms with van der Waals surface area (Å²) in [5.74, 6) is 0.383. The van der Waals surface area contributed by atoms with Crippen molar-refractivity contribution in [2.75, 3.05) is 23.2 Å². The molecule has 1 aromatic heterocycles. The van der Waals surface area contributed by atoms with Gasteiger partial charge in [0.2, 0.25) is 12.7 Å². The van der Waals surface area contributed by atoms with E-state index in [1.807, 2.05) is 29.6 Å². The fourth-order valence-electron chi connectivity index (χ4n) is 3.64. The Balaban J connectivity index is 1.21. The third-order valence-electron chi connectivity index (χ3n) is 5.48. The second-order valence-electron chi connectivity index (χ2n) is 8.28. The smallest absolute Gasteiger partial charge is 0.272 e. The van der Waals surface area contributed by atoms with Crippen LogP contribution in [0, 0.1) is 0 Å². The Labute approximate surface area is 233 Å². The quantitative estimate of drug-likeness (QED) is 0.182. The first-order chi connectivity index (χ1) is 19.0. The van der Waals surface area contributed by atoms with Gasteiger partial charge in [-0.15, -0.1) is 23.1 Å². The maximum absolute atomic E-state index is 13.2. The first-order valence-electron chi connectivity index (χ1n) is 11.9. The van der Waals surface area contributed by atoms with Gasteiger partial charge in [-0.05, 0) is 60.0 Å². The van der Waals surface area contributed by atoms with Crippen LogP contribution < -0.4 is 25.4 Å². The van der Waals surface area contributed by atoms with Gasteiger partial charge in [0.15, 0.2) is 11.5 Å². The van der Waals surface area contributed by atoms with Crippen LogP contribution in [-0.2, 0) is 9.59 Å². The van der Waals surface area contributed by atoms with Crippen molar-refractivity contribution in [2.24, 2.45) is 0 Å². The first-order valence-corrected chi connectivity index (χ1v) is 13.8. The fraction of sp³-hybridized carbons (Fsp3) is 0.0690. The number of ether oxygens (including phenoxy) is 2. The van der Waals surface area contributed by atoms with E-state index in [-0.39, 0.29) is 30.1 Å². The molecule has 1 aliphatic heterocycles. The summed E-state index contributed by atoms with van der Waals surface area (Å²) in [4.78, 5) is 40.0. The zero-order valence-corrected chi connectivity index (χ0v) is 22.1. The number of carbonyl (C=O) groups is 3. The Morgan fingerprint density at radius 1 is 0.846 bits per heavy atom. The SMILES string of the molecule is O=C(CSc1cccc(NC(=O)/C(=C/c2cccs2)NC(=O)c2ccccc2)c1)Nc1ccc2c(c1)OCO2. The lowest BCUT2D eigenvalue weighted by molar-refractivity contribution is -0.114. The predicted octanol–water partition coefficient (Wildman–Crippen LogP) is 5.62. The van der Waals surface area contributed by atoms with Crippen LogP contribution in [0.5, 0.6) is 11.5 Å². The maximum Gasteiger partial charge on any atom is 0.272 e. The number of benzene rings is 3. The van der Waals surface area contributed by atoms with Crippen molar-refractivity contribution in [3.05, 3.63) is 106 Å². The van der Waals surface area contributed by atoms with Gasteiger partial charge in [-0.3, -0.25) is 14.4 Å². The lowest BCUT2D eigenvalue weighted by Gasteiger charge is -2.12. The van der Waals surface area contributed by atoms with Crippen LogP contribution in [-0.4, -0.2) is 30.3 Å². The molecule has 0 unspecified atom stereocenters. The number of hydrogen-bond acceptors (Lipinski definition) is 7. The lowest BCUT2D eigenvalue weighted by Crippen LogP contribution is -2.30. The van der Waals surface area contributed by atoms with E-state index >= 15 is 0 Å². The van der Waals surface area contributed by atoms with Crippen molar-refractivity contribution in [3.8, 4) is 11.5 Å². The molecule has 3 amide bonds. The van der Waals surface area contributed by atoms with E-state index in [0.717, 1.165) is 9.77 Å². The number of rotatable bonds is 9. The molecule has 0 radical (unpaired) electrons. The molecule has 0 bridgehead atoms. The van der Waals surface area contributed by atoms with E-state index in [1.165, 1.54) is 23.1 Å². The minimum Gasteiger partial charge on any atom is -0.454 e. The molecule has 8 nitrogen and oxygen atoms in total. The summed E-state index contributed by atoms with van der Waals surface area (Å²) in [5.41, 5.74) is 1.72. The average Bonchev–Trinajstić information content (AvgIpc) is 3.64. The molecule has 0 spiro atoms. The Morgan fingerprint density at radius 2 is 1.67 bits per heavy atom. The monoisotopic (exact) mass is 557 g/mol. The molecule has 2 heterocycles. The van der Waals surface area contributed by atoms with Crippen molar-refractivity contribution in [3.63, 3.8) is 0 Å². The molecule has 1 aliphatic rings. The van der Waals surface area contributed by atoms with Crippen LogP contribution >= 0.6 is 23.1 Å². The summed E-state index contributed by atoms with van der Waals surface area (Å²) in [6.07, 6.45) is 1.64. The molecule has 5 rings (SSSR count). The highest BCUT2D eigenvalue weighted by Gasteiger charge is 2.16. The molecular weight excluding hydrogens is 534 g/mol. The fourth-order valence-corrected chi connectivity index (χ4v) is 5.05. The average molecular weight is 558 g/mol. The summed E-state index contributed by atoms with van der Waals surface area (Å²) in [5, 5.41) is 10.3. The first kappa shape index (κ1) is 26.1. The number of anilines is 2. The van der Waals surface area contributed by atoms with E-state index in [2.05, 4.69) is 16.0 Å². The van der Waals surface area contributed by atoms with Crippen LogP contribution in [0.2, 0.25) is 0 Å². The third kappa shape index (κ3) is 7.07. The topological polar surface area (TPSA) is 106 Å². The molecule has 0 saturated heterocycles. The summed E-state index contributed by atoms with van der Waals surface area (Å²) in [7, 11) is 0. The molecule has 0 atom stereocenters. The summed E-state index contributed by atoms with van der Waals surface area (Å²) < 4.78 is 10.6. The third-order valence-corrected chi connectivity index (χ3v) is 7.29. The highest BCUT2D eigenvalue weighted by Crippen LogP contribution is 2.34. The van der Waals surface area contributed by atoms with Gasteiger partial charge in [-0.2, -0.15) is 0 Å². The lowest BCUT2D eigenvalue weighted by atomic mass is 10.2. The van der Waals surface area contributed by atoms with E-state index < -0.39 is 5.91 Å². The van der Waals surface area contributed by atoms with Gasteiger partial charge in [-0.25, -0.2) is 0 Å². The number of hydrogen-bond donors (Lipinski definition) is 3. The van der Waals surface area contributed by atoms with Gasteiger partial charge in [0.1, 0.15) is 5.70 Å². The minimum absolute atomic E-state index is 0.118. The number of thiophene rings is 1. The highest BCUT2D eigenvalue weighted by atomic mass is 32.2. The Kier molecular flexibility index (Phi) is 8.25. The van der Waals surface area contributed by atoms with Crippen molar-refractivity contribution < 1.29 is 23.9 Å². The van der Waals surface area contributed by atoms with Crippen LogP contribution in [0.1, 0.15) is 15.2 Å². The largest absolute Gasteiger partial charge is 0.454 e. The second kappa shape index (κ2) is 12.3. The Hall–Kier alpha value is -4.54. The summed E-state index contributed by atoms with van der Waals surface area (Å²) >= 11 is 2.79. The number of amides is 3. The van der Waals surface area contributed by atoms with E-state index in [9.17, 15) is 14.4 Å². The normalized spacial score (nSPS) is 12.1. The molecule has 3 aromatic carbocycles. The van der Waals surface area contributed by atoms with Crippen molar-refractivity contribution in [1.29, 1.82) is 0 Å².